The molecule has 2 aromatic heterocycles. The molecule has 0 saturated carbocycles. The molecule has 23 heavy (non-hydrogen) atoms. The van der Waals surface area contributed by atoms with Crippen LogP contribution < -0.4 is 10.6 Å². The fourth-order valence-electron chi connectivity index (χ4n) is 1.90. The summed E-state index contributed by atoms with van der Waals surface area (Å²) in [7, 11) is 0. The van der Waals surface area contributed by atoms with Crippen molar-refractivity contribution in [1.29, 1.82) is 0 Å². The van der Waals surface area contributed by atoms with E-state index in [1.165, 1.54) is 0 Å². The molecule has 6 nitrogen and oxygen atoms in total. The summed E-state index contributed by atoms with van der Waals surface area (Å²) < 4.78 is 6.89. The van der Waals surface area contributed by atoms with E-state index in [1.807, 2.05) is 29.6 Å². The number of thiazole rings is 1. The zero-order valence-electron chi connectivity index (χ0n) is 13.3. The van der Waals surface area contributed by atoms with Crippen molar-refractivity contribution in [2.24, 2.45) is 10.7 Å². The summed E-state index contributed by atoms with van der Waals surface area (Å²) in [5, 5.41) is 0.830. The predicted molar refractivity (Wildman–Crippen MR) is 95.0 cm³/mol. The SMILES string of the molecule is CC(C)(C)c1cnc(CSc2cnc(N3C=CC=NC3N)s2)o1. The number of aliphatic imine (C=N–C) groups is 1. The van der Waals surface area contributed by atoms with Gasteiger partial charge >= 0.3 is 0 Å². The van der Waals surface area contributed by atoms with E-state index in [9.17, 15) is 0 Å². The first-order valence-electron chi connectivity index (χ1n) is 7.21. The lowest BCUT2D eigenvalue weighted by Gasteiger charge is -2.23. The van der Waals surface area contributed by atoms with Gasteiger partial charge in [0, 0.05) is 17.8 Å². The molecule has 0 fully saturated rings. The third kappa shape index (κ3) is 3.82. The topological polar surface area (TPSA) is 80.5 Å². The fraction of sp³-hybridized carbons (Fsp3) is 0.400. The van der Waals surface area contributed by atoms with Gasteiger partial charge in [-0.1, -0.05) is 32.1 Å². The Labute approximate surface area is 143 Å². The molecule has 0 aliphatic carbocycles. The second-order valence-corrected chi connectivity index (χ2v) is 8.36. The number of oxazole rings is 1. The van der Waals surface area contributed by atoms with E-state index >= 15 is 0 Å². The summed E-state index contributed by atoms with van der Waals surface area (Å²) in [6.07, 6.45) is 8.66. The van der Waals surface area contributed by atoms with Gasteiger partial charge in [0.1, 0.15) is 5.76 Å². The first-order chi connectivity index (χ1) is 10.9. The van der Waals surface area contributed by atoms with Crippen molar-refractivity contribution in [2.45, 2.75) is 42.4 Å². The highest BCUT2D eigenvalue weighted by Gasteiger charge is 2.20. The predicted octanol–water partition coefficient (Wildman–Crippen LogP) is 3.37. The smallest absolute Gasteiger partial charge is 0.204 e. The molecule has 2 N–H and O–H groups in total. The monoisotopic (exact) mass is 349 g/mol. The third-order valence-electron chi connectivity index (χ3n) is 3.18. The van der Waals surface area contributed by atoms with Crippen molar-refractivity contribution < 1.29 is 4.42 Å². The summed E-state index contributed by atoms with van der Waals surface area (Å²) in [4.78, 5) is 14.7. The van der Waals surface area contributed by atoms with E-state index in [4.69, 9.17) is 10.2 Å². The van der Waals surface area contributed by atoms with E-state index in [0.29, 0.717) is 5.75 Å². The van der Waals surface area contributed by atoms with Crippen LogP contribution in [-0.4, -0.2) is 22.5 Å². The molecule has 1 aliphatic heterocycles. The van der Waals surface area contributed by atoms with Gasteiger partial charge in [-0.05, 0) is 6.08 Å². The van der Waals surface area contributed by atoms with Gasteiger partial charge in [-0.15, -0.1) is 11.8 Å². The Morgan fingerprint density at radius 3 is 2.87 bits per heavy atom. The fourth-order valence-corrected chi connectivity index (χ4v) is 3.73. The highest BCUT2D eigenvalue weighted by Crippen LogP contribution is 2.34. The van der Waals surface area contributed by atoms with E-state index in [1.54, 1.807) is 29.3 Å². The molecular formula is C15H19N5OS2. The highest BCUT2D eigenvalue weighted by atomic mass is 32.2. The van der Waals surface area contributed by atoms with E-state index in [-0.39, 0.29) is 5.41 Å². The van der Waals surface area contributed by atoms with Crippen LogP contribution in [0.1, 0.15) is 32.4 Å². The van der Waals surface area contributed by atoms with Crippen LogP contribution in [0.15, 0.2) is 38.3 Å². The molecule has 0 bridgehead atoms. The minimum absolute atomic E-state index is 0.0230. The number of rotatable bonds is 4. The second-order valence-electron chi connectivity index (χ2n) is 6.08. The lowest BCUT2D eigenvalue weighted by atomic mass is 9.94. The van der Waals surface area contributed by atoms with Crippen molar-refractivity contribution in [3.05, 3.63) is 36.3 Å². The van der Waals surface area contributed by atoms with Crippen LogP contribution in [-0.2, 0) is 11.2 Å². The van der Waals surface area contributed by atoms with Crippen molar-refractivity contribution in [3.63, 3.8) is 0 Å². The molecule has 0 spiro atoms. The summed E-state index contributed by atoms with van der Waals surface area (Å²) >= 11 is 3.23. The Morgan fingerprint density at radius 2 is 2.17 bits per heavy atom. The Morgan fingerprint density at radius 1 is 1.35 bits per heavy atom. The molecule has 0 radical (unpaired) electrons. The molecule has 1 unspecified atom stereocenters. The minimum atomic E-state index is -0.412. The minimum Gasteiger partial charge on any atom is -0.444 e. The van der Waals surface area contributed by atoms with Gasteiger partial charge in [-0.2, -0.15) is 0 Å². The Balaban J connectivity index is 1.62. The molecule has 2 aromatic rings. The van der Waals surface area contributed by atoms with E-state index in [2.05, 4.69) is 35.7 Å². The Bertz CT molecular complexity index is 728. The van der Waals surface area contributed by atoms with Gasteiger partial charge in [0.2, 0.25) is 5.89 Å². The van der Waals surface area contributed by atoms with Crippen molar-refractivity contribution >= 4 is 34.4 Å². The number of nitrogens with two attached hydrogens (primary N) is 1. The lowest BCUT2D eigenvalue weighted by Crippen LogP contribution is -2.38. The summed E-state index contributed by atoms with van der Waals surface area (Å²) in [5.41, 5.74) is 5.92. The highest BCUT2D eigenvalue weighted by molar-refractivity contribution is 8.00. The molecule has 1 aliphatic rings. The number of aromatic nitrogens is 2. The standard InChI is InChI=1S/C15H19N5OS2/c1-15(2,3)10-7-18-11(21-10)9-22-12-8-19-14(23-12)20-6-4-5-17-13(20)16/h4-8,13H,9,16H2,1-3H3. The molecule has 8 heteroatoms. The molecule has 3 rings (SSSR count). The summed E-state index contributed by atoms with van der Waals surface area (Å²) in [5.74, 6) is 2.31. The average Bonchev–Trinajstić information content (AvgIpc) is 3.14. The summed E-state index contributed by atoms with van der Waals surface area (Å²) in [6.45, 7) is 6.33. The molecule has 3 heterocycles. The maximum atomic E-state index is 5.94. The van der Waals surface area contributed by atoms with Crippen LogP contribution in [0.2, 0.25) is 0 Å². The zero-order chi connectivity index (χ0) is 16.4. The largest absolute Gasteiger partial charge is 0.444 e. The lowest BCUT2D eigenvalue weighted by molar-refractivity contribution is 0.391. The van der Waals surface area contributed by atoms with Crippen molar-refractivity contribution in [3.8, 4) is 0 Å². The number of anilines is 1. The zero-order valence-corrected chi connectivity index (χ0v) is 14.9. The van der Waals surface area contributed by atoms with Crippen molar-refractivity contribution in [2.75, 3.05) is 4.90 Å². The first-order valence-corrected chi connectivity index (χ1v) is 9.01. The van der Waals surface area contributed by atoms with Crippen LogP contribution >= 0.6 is 23.1 Å². The summed E-state index contributed by atoms with van der Waals surface area (Å²) in [6, 6.07) is 0. The second kappa shape index (κ2) is 6.46. The Kier molecular flexibility index (Phi) is 4.56. The van der Waals surface area contributed by atoms with Crippen molar-refractivity contribution in [1.82, 2.24) is 9.97 Å². The maximum absolute atomic E-state index is 5.94. The first kappa shape index (κ1) is 16.2. The average molecular weight is 349 g/mol. The number of allylic oxidation sites excluding steroid dienone is 1. The number of hydrogen-bond donors (Lipinski definition) is 1. The Hall–Kier alpha value is -1.64. The van der Waals surface area contributed by atoms with Gasteiger partial charge in [0.15, 0.2) is 11.4 Å². The van der Waals surface area contributed by atoms with Gasteiger partial charge in [0.05, 0.1) is 22.4 Å². The third-order valence-corrected chi connectivity index (χ3v) is 5.37. The van der Waals surface area contributed by atoms with Crippen LogP contribution in [0.5, 0.6) is 0 Å². The van der Waals surface area contributed by atoms with Gasteiger partial charge in [0.25, 0.3) is 0 Å². The van der Waals surface area contributed by atoms with Crippen LogP contribution in [0.25, 0.3) is 0 Å². The van der Waals surface area contributed by atoms with Crippen LogP contribution in [0, 0.1) is 0 Å². The van der Waals surface area contributed by atoms with Crippen LogP contribution in [0.3, 0.4) is 0 Å². The molecule has 1 atom stereocenters. The molecule has 0 aromatic carbocycles. The molecule has 0 saturated heterocycles. The van der Waals surface area contributed by atoms with Gasteiger partial charge in [-0.25, -0.2) is 9.97 Å². The molecule has 122 valence electrons. The van der Waals surface area contributed by atoms with Crippen LogP contribution in [0.4, 0.5) is 5.13 Å². The van der Waals surface area contributed by atoms with Gasteiger partial charge in [-0.3, -0.25) is 15.6 Å². The van der Waals surface area contributed by atoms with Gasteiger partial charge < -0.3 is 4.42 Å². The maximum Gasteiger partial charge on any atom is 0.204 e. The number of hydrogen-bond acceptors (Lipinski definition) is 8. The number of thioether (sulfide) groups is 1. The van der Waals surface area contributed by atoms with E-state index < -0.39 is 6.29 Å². The normalized spacial score (nSPS) is 17.9. The quantitative estimate of drug-likeness (QED) is 0.853. The number of nitrogens with zero attached hydrogens (tertiary/aromatic N) is 4. The molecular weight excluding hydrogens is 330 g/mol. The van der Waals surface area contributed by atoms with E-state index in [0.717, 1.165) is 21.0 Å². The molecule has 0 amide bonds.